The molecule has 1 aliphatic rings. The van der Waals surface area contributed by atoms with Gasteiger partial charge in [-0.3, -0.25) is 0 Å². The number of aryl methyl sites for hydroxylation is 1. The van der Waals surface area contributed by atoms with Crippen molar-refractivity contribution >= 4 is 11.6 Å². The van der Waals surface area contributed by atoms with Gasteiger partial charge in [-0.25, -0.2) is 9.97 Å². The maximum atomic E-state index is 5.87. The van der Waals surface area contributed by atoms with Gasteiger partial charge in [0.15, 0.2) is 0 Å². The lowest BCUT2D eigenvalue weighted by atomic mass is 10.1. The van der Waals surface area contributed by atoms with Crippen LogP contribution in [0, 0.1) is 5.92 Å². The summed E-state index contributed by atoms with van der Waals surface area (Å²) in [5.41, 5.74) is 5.87. The van der Waals surface area contributed by atoms with Crippen LogP contribution in [-0.2, 0) is 6.42 Å². The maximum Gasteiger partial charge on any atom is 0.134 e. The van der Waals surface area contributed by atoms with Crippen LogP contribution in [0.3, 0.4) is 0 Å². The Morgan fingerprint density at radius 2 is 2.11 bits per heavy atom. The molecule has 0 saturated heterocycles. The monoisotopic (exact) mass is 248 g/mol. The summed E-state index contributed by atoms with van der Waals surface area (Å²) in [7, 11) is 0. The normalized spacial score (nSPS) is 15.1. The third kappa shape index (κ3) is 3.34. The summed E-state index contributed by atoms with van der Waals surface area (Å²) in [4.78, 5) is 11.3. The van der Waals surface area contributed by atoms with Gasteiger partial charge in [0.2, 0.25) is 0 Å². The molecule has 1 saturated carbocycles. The van der Waals surface area contributed by atoms with Gasteiger partial charge in [-0.15, -0.1) is 0 Å². The fourth-order valence-corrected chi connectivity index (χ4v) is 2.08. The number of anilines is 2. The zero-order valence-electron chi connectivity index (χ0n) is 11.7. The molecule has 100 valence electrons. The molecular formula is C14H24N4. The first kappa shape index (κ1) is 13.1. The van der Waals surface area contributed by atoms with Crippen LogP contribution in [0.2, 0.25) is 0 Å². The molecule has 0 atom stereocenters. The molecule has 18 heavy (non-hydrogen) atoms. The van der Waals surface area contributed by atoms with Crippen molar-refractivity contribution in [1.29, 1.82) is 0 Å². The largest absolute Gasteiger partial charge is 0.384 e. The van der Waals surface area contributed by atoms with Crippen molar-refractivity contribution < 1.29 is 0 Å². The molecule has 4 nitrogen and oxygen atoms in total. The molecule has 0 aromatic carbocycles. The quantitative estimate of drug-likeness (QED) is 0.841. The topological polar surface area (TPSA) is 55.0 Å². The second-order valence-electron chi connectivity index (χ2n) is 5.53. The molecule has 1 heterocycles. The molecule has 1 aromatic rings. The summed E-state index contributed by atoms with van der Waals surface area (Å²) >= 11 is 0. The number of nitrogens with zero attached hydrogens (tertiary/aromatic N) is 3. The highest BCUT2D eigenvalue weighted by Gasteiger charge is 2.30. The van der Waals surface area contributed by atoms with Crippen LogP contribution in [-0.4, -0.2) is 22.6 Å². The van der Waals surface area contributed by atoms with Crippen LogP contribution >= 0.6 is 0 Å². The third-order valence-electron chi connectivity index (χ3n) is 3.32. The highest BCUT2D eigenvalue weighted by atomic mass is 15.2. The lowest BCUT2D eigenvalue weighted by molar-refractivity contribution is 0.568. The van der Waals surface area contributed by atoms with Gasteiger partial charge < -0.3 is 10.6 Å². The van der Waals surface area contributed by atoms with Gasteiger partial charge in [-0.1, -0.05) is 20.8 Å². The number of nitrogen functional groups attached to an aromatic ring is 1. The highest BCUT2D eigenvalue weighted by molar-refractivity contribution is 5.48. The van der Waals surface area contributed by atoms with Crippen molar-refractivity contribution in [3.05, 3.63) is 11.9 Å². The number of nitrogens with two attached hydrogens (primary N) is 1. The van der Waals surface area contributed by atoms with E-state index in [0.29, 0.717) is 11.9 Å². The van der Waals surface area contributed by atoms with Crippen molar-refractivity contribution in [1.82, 2.24) is 9.97 Å². The van der Waals surface area contributed by atoms with E-state index < -0.39 is 0 Å². The molecule has 2 rings (SSSR count). The zero-order chi connectivity index (χ0) is 13.1. The average Bonchev–Trinajstić information content (AvgIpc) is 3.12. The first-order valence-corrected chi connectivity index (χ1v) is 7.00. The minimum atomic E-state index is 0.590. The fraction of sp³-hybridized carbons (Fsp3) is 0.714. The molecular weight excluding hydrogens is 224 g/mol. The van der Waals surface area contributed by atoms with Gasteiger partial charge >= 0.3 is 0 Å². The van der Waals surface area contributed by atoms with Crippen molar-refractivity contribution in [3.8, 4) is 0 Å². The van der Waals surface area contributed by atoms with E-state index >= 15 is 0 Å². The molecule has 4 heteroatoms. The Balaban J connectivity index is 2.16. The van der Waals surface area contributed by atoms with Gasteiger partial charge in [-0.2, -0.15) is 0 Å². The van der Waals surface area contributed by atoms with Crippen LogP contribution in [0.15, 0.2) is 6.07 Å². The molecule has 1 fully saturated rings. The van der Waals surface area contributed by atoms with Gasteiger partial charge in [-0.05, 0) is 25.2 Å². The minimum Gasteiger partial charge on any atom is -0.384 e. The third-order valence-corrected chi connectivity index (χ3v) is 3.32. The second-order valence-corrected chi connectivity index (χ2v) is 5.53. The first-order chi connectivity index (χ1) is 8.60. The van der Waals surface area contributed by atoms with Crippen molar-refractivity contribution in [2.45, 2.75) is 52.5 Å². The van der Waals surface area contributed by atoms with E-state index in [1.807, 2.05) is 6.07 Å². The number of rotatable bonds is 6. The van der Waals surface area contributed by atoms with Gasteiger partial charge in [0.25, 0.3) is 0 Å². The van der Waals surface area contributed by atoms with Crippen molar-refractivity contribution in [3.63, 3.8) is 0 Å². The van der Waals surface area contributed by atoms with E-state index in [0.717, 1.165) is 30.5 Å². The Morgan fingerprint density at radius 1 is 1.39 bits per heavy atom. The Bertz CT molecular complexity index is 399. The second kappa shape index (κ2) is 5.55. The Labute approximate surface area is 110 Å². The molecule has 0 unspecified atom stereocenters. The van der Waals surface area contributed by atoms with E-state index in [1.54, 1.807) is 0 Å². The van der Waals surface area contributed by atoms with Crippen LogP contribution in [0.25, 0.3) is 0 Å². The van der Waals surface area contributed by atoms with E-state index in [2.05, 4.69) is 35.6 Å². The minimum absolute atomic E-state index is 0.590. The number of hydrogen-bond acceptors (Lipinski definition) is 4. The Morgan fingerprint density at radius 3 is 2.67 bits per heavy atom. The van der Waals surface area contributed by atoms with Crippen LogP contribution in [0.1, 0.15) is 45.9 Å². The first-order valence-electron chi connectivity index (χ1n) is 7.00. The molecule has 0 bridgehead atoms. The molecule has 0 amide bonds. The summed E-state index contributed by atoms with van der Waals surface area (Å²) in [5, 5.41) is 0. The lowest BCUT2D eigenvalue weighted by Crippen LogP contribution is -2.29. The molecule has 0 radical (unpaired) electrons. The summed E-state index contributed by atoms with van der Waals surface area (Å²) in [6.07, 6.45) is 4.59. The fourth-order valence-electron chi connectivity index (χ4n) is 2.08. The smallest absolute Gasteiger partial charge is 0.134 e. The van der Waals surface area contributed by atoms with Crippen molar-refractivity contribution in [2.75, 3.05) is 17.2 Å². The predicted molar refractivity (Wildman–Crippen MR) is 75.6 cm³/mol. The highest BCUT2D eigenvalue weighted by Crippen LogP contribution is 2.31. The van der Waals surface area contributed by atoms with Crippen molar-refractivity contribution in [2.24, 2.45) is 5.92 Å². The molecule has 2 N–H and O–H groups in total. The summed E-state index contributed by atoms with van der Waals surface area (Å²) in [6, 6.07) is 2.58. The van der Waals surface area contributed by atoms with Crippen LogP contribution in [0.4, 0.5) is 11.6 Å². The number of hydrogen-bond donors (Lipinski definition) is 1. The van der Waals surface area contributed by atoms with Gasteiger partial charge in [0, 0.05) is 25.1 Å². The standard InChI is InChI=1S/C14H24N4/c1-4-13-16-12(15)9-14(17-13)18(11-5-6-11)8-7-10(2)3/h9-11H,4-8H2,1-3H3,(H2,15,16,17). The van der Waals surface area contributed by atoms with Gasteiger partial charge in [0.1, 0.15) is 17.5 Å². The zero-order valence-corrected chi connectivity index (χ0v) is 11.7. The van der Waals surface area contributed by atoms with E-state index in [9.17, 15) is 0 Å². The Hall–Kier alpha value is -1.32. The molecule has 1 aromatic heterocycles. The average molecular weight is 248 g/mol. The predicted octanol–water partition coefficient (Wildman–Crippen LogP) is 2.64. The number of aromatic nitrogens is 2. The van der Waals surface area contributed by atoms with E-state index in [4.69, 9.17) is 5.73 Å². The van der Waals surface area contributed by atoms with E-state index in [1.165, 1.54) is 19.3 Å². The SMILES string of the molecule is CCc1nc(N)cc(N(CCC(C)C)C2CC2)n1. The summed E-state index contributed by atoms with van der Waals surface area (Å²) < 4.78 is 0. The van der Waals surface area contributed by atoms with Gasteiger partial charge in [0.05, 0.1) is 0 Å². The van der Waals surface area contributed by atoms with Crippen LogP contribution in [0.5, 0.6) is 0 Å². The van der Waals surface area contributed by atoms with E-state index in [-0.39, 0.29) is 0 Å². The Kier molecular flexibility index (Phi) is 4.04. The maximum absolute atomic E-state index is 5.87. The lowest BCUT2D eigenvalue weighted by Gasteiger charge is -2.25. The molecule has 0 spiro atoms. The summed E-state index contributed by atoms with van der Waals surface area (Å²) in [6.45, 7) is 7.66. The summed E-state index contributed by atoms with van der Waals surface area (Å²) in [5.74, 6) is 3.17. The molecule has 0 aliphatic heterocycles. The van der Waals surface area contributed by atoms with Crippen LogP contribution < -0.4 is 10.6 Å². The molecule has 1 aliphatic carbocycles.